The molecular weight excluding hydrogens is 488 g/mol. The van der Waals surface area contributed by atoms with E-state index in [1.165, 1.54) is 21.3 Å². The molecule has 1 saturated heterocycles. The van der Waals surface area contributed by atoms with Crippen LogP contribution in [-0.2, 0) is 9.59 Å². The number of amides is 3. The van der Waals surface area contributed by atoms with Crippen molar-refractivity contribution in [2.45, 2.75) is 0 Å². The molecule has 1 fully saturated rings. The summed E-state index contributed by atoms with van der Waals surface area (Å²) < 4.78 is 16.4. The van der Waals surface area contributed by atoms with Crippen LogP contribution in [0.5, 0.6) is 17.2 Å². The van der Waals surface area contributed by atoms with Crippen LogP contribution in [0, 0.1) is 0 Å². The number of carbonyl (C=O) groups excluding carboxylic acids is 3. The molecule has 1 aliphatic rings. The molecule has 1 aliphatic heterocycles. The summed E-state index contributed by atoms with van der Waals surface area (Å²) >= 11 is 4.16. The molecule has 2 aromatic carbocycles. The van der Waals surface area contributed by atoms with Gasteiger partial charge in [-0.15, -0.1) is 0 Å². The summed E-state index contributed by atoms with van der Waals surface area (Å²) in [5, 5.41) is 2.13. The van der Waals surface area contributed by atoms with E-state index in [4.69, 9.17) is 14.2 Å². The third-order valence-corrected chi connectivity index (χ3v) is 5.81. The number of para-hydroxylation sites is 2. The smallest absolute Gasteiger partial charge is 0.294 e. The number of nitrogens with zero attached hydrogens (tertiary/aromatic N) is 1. The van der Waals surface area contributed by atoms with E-state index in [-0.39, 0.29) is 4.91 Å². The number of hydrogen-bond acceptors (Lipinski definition) is 7. The van der Waals surface area contributed by atoms with Crippen molar-refractivity contribution in [3.8, 4) is 17.2 Å². The molecule has 31 heavy (non-hydrogen) atoms. The van der Waals surface area contributed by atoms with Crippen LogP contribution in [0.25, 0.3) is 6.08 Å². The van der Waals surface area contributed by atoms with Gasteiger partial charge in [0.2, 0.25) is 5.91 Å². The first-order valence-electron chi connectivity index (χ1n) is 8.97. The Kier molecular flexibility index (Phi) is 7.24. The van der Waals surface area contributed by atoms with Gasteiger partial charge in [0, 0.05) is 0 Å². The third-order valence-electron chi connectivity index (χ3n) is 4.31. The Morgan fingerprint density at radius 2 is 1.81 bits per heavy atom. The van der Waals surface area contributed by atoms with Crippen LogP contribution >= 0.6 is 27.7 Å². The lowest BCUT2D eigenvalue weighted by Crippen LogP contribution is -2.36. The van der Waals surface area contributed by atoms with Crippen LogP contribution in [-0.4, -0.2) is 49.8 Å². The highest BCUT2D eigenvalue weighted by molar-refractivity contribution is 9.10. The summed E-state index contributed by atoms with van der Waals surface area (Å²) in [4.78, 5) is 38.6. The molecule has 3 rings (SSSR count). The SMILES string of the molecule is COc1ccccc1NC(=O)CN1C(=O)S/C(=C/c2cc(Br)c(OC)c(OC)c2)C1=O. The highest BCUT2D eigenvalue weighted by atomic mass is 79.9. The van der Waals surface area contributed by atoms with Crippen LogP contribution < -0.4 is 19.5 Å². The molecule has 1 heterocycles. The molecule has 10 heteroatoms. The van der Waals surface area contributed by atoms with Crippen molar-refractivity contribution in [1.29, 1.82) is 0 Å². The van der Waals surface area contributed by atoms with Crippen molar-refractivity contribution < 1.29 is 28.6 Å². The number of methoxy groups -OCH3 is 3. The average Bonchev–Trinajstić information content (AvgIpc) is 3.00. The average molecular weight is 507 g/mol. The molecule has 0 radical (unpaired) electrons. The van der Waals surface area contributed by atoms with E-state index < -0.39 is 23.6 Å². The first-order chi connectivity index (χ1) is 14.9. The monoisotopic (exact) mass is 506 g/mol. The number of thioether (sulfide) groups is 1. The summed E-state index contributed by atoms with van der Waals surface area (Å²) in [6.07, 6.45) is 1.57. The van der Waals surface area contributed by atoms with Crippen LogP contribution in [0.2, 0.25) is 0 Å². The maximum Gasteiger partial charge on any atom is 0.294 e. The fraction of sp³-hybridized carbons (Fsp3) is 0.190. The lowest BCUT2D eigenvalue weighted by atomic mass is 10.2. The van der Waals surface area contributed by atoms with Crippen molar-refractivity contribution in [3.05, 3.63) is 51.3 Å². The van der Waals surface area contributed by atoms with Crippen LogP contribution in [0.4, 0.5) is 10.5 Å². The van der Waals surface area contributed by atoms with Crippen LogP contribution in [0.1, 0.15) is 5.56 Å². The second-order valence-corrected chi connectivity index (χ2v) is 8.10. The lowest BCUT2D eigenvalue weighted by Gasteiger charge is -2.14. The number of imide groups is 1. The van der Waals surface area contributed by atoms with Crippen molar-refractivity contribution in [2.24, 2.45) is 0 Å². The Hall–Kier alpha value is -2.98. The zero-order valence-electron chi connectivity index (χ0n) is 16.9. The fourth-order valence-electron chi connectivity index (χ4n) is 2.89. The van der Waals surface area contributed by atoms with Gasteiger partial charge in [-0.25, -0.2) is 0 Å². The number of halogens is 1. The molecule has 1 N–H and O–H groups in total. The quantitative estimate of drug-likeness (QED) is 0.563. The molecular formula is C21H19BrN2O6S. The van der Waals surface area contributed by atoms with Crippen molar-refractivity contribution >= 4 is 56.5 Å². The predicted octanol–water partition coefficient (Wildman–Crippen LogP) is 4.15. The Labute approximate surface area is 191 Å². The van der Waals surface area contributed by atoms with Gasteiger partial charge in [0.1, 0.15) is 12.3 Å². The predicted molar refractivity (Wildman–Crippen MR) is 122 cm³/mol. The fourth-order valence-corrected chi connectivity index (χ4v) is 4.35. The second-order valence-electron chi connectivity index (χ2n) is 6.25. The number of carbonyl (C=O) groups is 3. The standard InChI is InChI=1S/C21H19BrN2O6S/c1-28-15-7-5-4-6-14(15)23-18(25)11-24-20(26)17(31-21(24)27)10-12-8-13(22)19(30-3)16(9-12)29-2/h4-10H,11H2,1-3H3,(H,23,25)/b17-10+. The van der Waals surface area contributed by atoms with Gasteiger partial charge in [-0.05, 0) is 63.6 Å². The molecule has 0 spiro atoms. The van der Waals surface area contributed by atoms with E-state index in [0.717, 1.165) is 16.7 Å². The summed E-state index contributed by atoms with van der Waals surface area (Å²) in [7, 11) is 4.50. The second kappa shape index (κ2) is 9.88. The number of anilines is 1. The molecule has 3 amide bonds. The first-order valence-corrected chi connectivity index (χ1v) is 10.6. The minimum atomic E-state index is -0.545. The molecule has 0 saturated carbocycles. The molecule has 2 aromatic rings. The lowest BCUT2D eigenvalue weighted by molar-refractivity contribution is -0.127. The molecule has 0 aromatic heterocycles. The van der Waals surface area contributed by atoms with Gasteiger partial charge in [0.25, 0.3) is 11.1 Å². The molecule has 0 unspecified atom stereocenters. The minimum absolute atomic E-state index is 0.203. The highest BCUT2D eigenvalue weighted by Crippen LogP contribution is 2.38. The van der Waals surface area contributed by atoms with Gasteiger partial charge in [-0.2, -0.15) is 0 Å². The van der Waals surface area contributed by atoms with Gasteiger partial charge < -0.3 is 19.5 Å². The normalized spacial score (nSPS) is 14.7. The summed E-state index contributed by atoms with van der Waals surface area (Å²) in [5.41, 5.74) is 1.08. The van der Waals surface area contributed by atoms with Gasteiger partial charge in [-0.3, -0.25) is 19.3 Å². The number of benzene rings is 2. The van der Waals surface area contributed by atoms with Crippen LogP contribution in [0.15, 0.2) is 45.8 Å². The number of hydrogen-bond donors (Lipinski definition) is 1. The zero-order chi connectivity index (χ0) is 22.5. The molecule has 0 atom stereocenters. The van der Waals surface area contributed by atoms with E-state index in [1.54, 1.807) is 42.5 Å². The Bertz CT molecular complexity index is 1070. The highest BCUT2D eigenvalue weighted by Gasteiger charge is 2.36. The zero-order valence-corrected chi connectivity index (χ0v) is 19.3. The van der Waals surface area contributed by atoms with Crippen LogP contribution in [0.3, 0.4) is 0 Å². The molecule has 162 valence electrons. The van der Waals surface area contributed by atoms with E-state index in [2.05, 4.69) is 21.2 Å². The number of ether oxygens (including phenoxy) is 3. The van der Waals surface area contributed by atoms with Crippen molar-refractivity contribution in [2.75, 3.05) is 33.2 Å². The topological polar surface area (TPSA) is 94.2 Å². The molecule has 0 bridgehead atoms. The van der Waals surface area contributed by atoms with Crippen molar-refractivity contribution in [3.63, 3.8) is 0 Å². The van der Waals surface area contributed by atoms with Gasteiger partial charge in [0.05, 0.1) is 36.4 Å². The number of rotatable bonds is 7. The summed E-state index contributed by atoms with van der Waals surface area (Å²) in [6.45, 7) is -0.407. The Morgan fingerprint density at radius 1 is 1.10 bits per heavy atom. The maximum absolute atomic E-state index is 12.7. The largest absolute Gasteiger partial charge is 0.495 e. The molecule has 8 nitrogen and oxygen atoms in total. The summed E-state index contributed by atoms with van der Waals surface area (Å²) in [5.74, 6) is 0.404. The van der Waals surface area contributed by atoms with Gasteiger partial charge in [0.15, 0.2) is 11.5 Å². The Balaban J connectivity index is 1.76. The number of nitrogens with one attached hydrogen (secondary N) is 1. The van der Waals surface area contributed by atoms with Crippen molar-refractivity contribution in [1.82, 2.24) is 4.90 Å². The third kappa shape index (κ3) is 5.02. The summed E-state index contributed by atoms with van der Waals surface area (Å²) in [6, 6.07) is 10.3. The Morgan fingerprint density at radius 3 is 2.48 bits per heavy atom. The van der Waals surface area contributed by atoms with Gasteiger partial charge in [-0.1, -0.05) is 12.1 Å². The van der Waals surface area contributed by atoms with Gasteiger partial charge >= 0.3 is 0 Å². The van der Waals surface area contributed by atoms with E-state index >= 15 is 0 Å². The van der Waals surface area contributed by atoms with E-state index in [9.17, 15) is 14.4 Å². The van der Waals surface area contributed by atoms with E-state index in [0.29, 0.717) is 33.0 Å². The van der Waals surface area contributed by atoms with E-state index in [1.807, 2.05) is 0 Å². The maximum atomic E-state index is 12.7. The first kappa shape index (κ1) is 22.7. The molecule has 0 aliphatic carbocycles. The minimum Gasteiger partial charge on any atom is -0.495 e.